The molecule has 16 heavy (non-hydrogen) atoms. The molecule has 0 aliphatic rings. The second-order valence-electron chi connectivity index (χ2n) is 3.33. The van der Waals surface area contributed by atoms with Gasteiger partial charge in [0.25, 0.3) is 0 Å². The van der Waals surface area contributed by atoms with E-state index >= 15 is 0 Å². The molecule has 0 aliphatic carbocycles. The monoisotopic (exact) mass is 241 g/mol. The molecule has 0 saturated heterocycles. The first-order chi connectivity index (χ1) is 7.59. The summed E-state index contributed by atoms with van der Waals surface area (Å²) in [5.74, 6) is -0.156. The fourth-order valence-corrected chi connectivity index (χ4v) is 2.37. The third-order valence-electron chi connectivity index (χ3n) is 2.04. The molecule has 1 atom stereocenters. The third-order valence-corrected chi connectivity index (χ3v) is 3.36. The number of benzene rings is 1. The average molecular weight is 241 g/mol. The van der Waals surface area contributed by atoms with E-state index in [1.807, 2.05) is 6.07 Å². The summed E-state index contributed by atoms with van der Waals surface area (Å²) in [5.41, 5.74) is 0.734. The minimum absolute atomic E-state index is 0.156. The fraction of sp³-hybridized carbons (Fsp3) is 0.273. The van der Waals surface area contributed by atoms with E-state index in [4.69, 9.17) is 5.11 Å². The second-order valence-corrected chi connectivity index (χ2v) is 5.13. The molecule has 88 valence electrons. The standard InChI is InChI=1S/C11H15NO3S/c1-2-8-16(14,15)12-11(9-13)10-6-4-3-5-7-10/h2-7,11-13H,1,8-9H2/t11-/m1/s1. The Morgan fingerprint density at radius 2 is 2.00 bits per heavy atom. The first-order valence-corrected chi connectivity index (χ1v) is 6.51. The van der Waals surface area contributed by atoms with Gasteiger partial charge in [-0.2, -0.15) is 0 Å². The number of aliphatic hydroxyl groups is 1. The highest BCUT2D eigenvalue weighted by Gasteiger charge is 2.17. The molecule has 5 heteroatoms. The molecule has 0 spiro atoms. The van der Waals surface area contributed by atoms with Crippen molar-refractivity contribution in [3.63, 3.8) is 0 Å². The molecule has 0 bridgehead atoms. The van der Waals surface area contributed by atoms with Crippen molar-refractivity contribution in [2.24, 2.45) is 0 Å². The van der Waals surface area contributed by atoms with Crippen LogP contribution >= 0.6 is 0 Å². The van der Waals surface area contributed by atoms with E-state index in [1.165, 1.54) is 6.08 Å². The van der Waals surface area contributed by atoms with E-state index in [9.17, 15) is 8.42 Å². The predicted molar refractivity (Wildman–Crippen MR) is 63.4 cm³/mol. The highest BCUT2D eigenvalue weighted by Crippen LogP contribution is 2.12. The summed E-state index contributed by atoms with van der Waals surface area (Å²) >= 11 is 0. The van der Waals surface area contributed by atoms with Crippen molar-refractivity contribution in [2.75, 3.05) is 12.4 Å². The summed E-state index contributed by atoms with van der Waals surface area (Å²) in [5, 5.41) is 9.16. The lowest BCUT2D eigenvalue weighted by Crippen LogP contribution is -2.32. The molecule has 0 aliphatic heterocycles. The van der Waals surface area contributed by atoms with Crippen LogP contribution < -0.4 is 4.72 Å². The van der Waals surface area contributed by atoms with Crippen LogP contribution in [0.2, 0.25) is 0 Å². The molecule has 0 radical (unpaired) electrons. The maximum atomic E-state index is 11.5. The van der Waals surface area contributed by atoms with Crippen molar-refractivity contribution >= 4 is 10.0 Å². The smallest absolute Gasteiger partial charge is 0.215 e. The van der Waals surface area contributed by atoms with Gasteiger partial charge in [0.15, 0.2) is 0 Å². The first kappa shape index (κ1) is 12.9. The molecule has 1 aromatic carbocycles. The molecule has 0 amide bonds. The number of aliphatic hydroxyl groups excluding tert-OH is 1. The van der Waals surface area contributed by atoms with Crippen LogP contribution in [-0.4, -0.2) is 25.9 Å². The lowest BCUT2D eigenvalue weighted by Gasteiger charge is -2.15. The summed E-state index contributed by atoms with van der Waals surface area (Å²) in [4.78, 5) is 0. The minimum atomic E-state index is -3.42. The maximum Gasteiger partial charge on any atom is 0.215 e. The largest absolute Gasteiger partial charge is 0.394 e. The molecular formula is C11H15NO3S. The van der Waals surface area contributed by atoms with E-state index in [0.29, 0.717) is 0 Å². The van der Waals surface area contributed by atoms with Crippen LogP contribution in [0.25, 0.3) is 0 Å². The number of hydrogen-bond acceptors (Lipinski definition) is 3. The molecule has 0 aromatic heterocycles. The Morgan fingerprint density at radius 3 is 2.50 bits per heavy atom. The highest BCUT2D eigenvalue weighted by molar-refractivity contribution is 7.89. The van der Waals surface area contributed by atoms with Gasteiger partial charge in [0, 0.05) is 0 Å². The zero-order valence-corrected chi connectivity index (χ0v) is 9.65. The number of rotatable bonds is 6. The van der Waals surface area contributed by atoms with Crippen molar-refractivity contribution in [1.29, 1.82) is 0 Å². The molecule has 0 saturated carbocycles. The van der Waals surface area contributed by atoms with Gasteiger partial charge in [0.05, 0.1) is 18.4 Å². The van der Waals surface area contributed by atoms with Gasteiger partial charge in [-0.1, -0.05) is 36.4 Å². The molecule has 0 unspecified atom stereocenters. The Hall–Kier alpha value is -1.17. The van der Waals surface area contributed by atoms with Gasteiger partial charge in [-0.25, -0.2) is 13.1 Å². The van der Waals surface area contributed by atoms with Crippen LogP contribution in [0, 0.1) is 0 Å². The number of sulfonamides is 1. The summed E-state index contributed by atoms with van der Waals surface area (Å²) in [7, 11) is -3.42. The summed E-state index contributed by atoms with van der Waals surface area (Å²) in [6.45, 7) is 3.09. The predicted octanol–water partition coefficient (Wildman–Crippen LogP) is 0.825. The highest BCUT2D eigenvalue weighted by atomic mass is 32.2. The molecule has 0 heterocycles. The molecule has 4 nitrogen and oxygen atoms in total. The Balaban J connectivity index is 2.81. The van der Waals surface area contributed by atoms with Crippen LogP contribution in [0.1, 0.15) is 11.6 Å². The van der Waals surface area contributed by atoms with Crippen molar-refractivity contribution in [1.82, 2.24) is 4.72 Å². The Kier molecular flexibility index (Phi) is 4.67. The summed E-state index contributed by atoms with van der Waals surface area (Å²) in [6, 6.07) is 8.33. The summed E-state index contributed by atoms with van der Waals surface area (Å²) in [6.07, 6.45) is 1.31. The van der Waals surface area contributed by atoms with Crippen molar-refractivity contribution in [2.45, 2.75) is 6.04 Å². The van der Waals surface area contributed by atoms with Gasteiger partial charge in [-0.15, -0.1) is 6.58 Å². The zero-order chi connectivity index (χ0) is 12.0. The van der Waals surface area contributed by atoms with Gasteiger partial charge >= 0.3 is 0 Å². The Bertz CT molecular complexity index is 428. The lowest BCUT2D eigenvalue weighted by atomic mass is 10.1. The molecular weight excluding hydrogens is 226 g/mol. The van der Waals surface area contributed by atoms with Gasteiger partial charge < -0.3 is 5.11 Å². The van der Waals surface area contributed by atoms with Crippen molar-refractivity contribution < 1.29 is 13.5 Å². The van der Waals surface area contributed by atoms with E-state index in [1.54, 1.807) is 24.3 Å². The van der Waals surface area contributed by atoms with Crippen molar-refractivity contribution in [3.05, 3.63) is 48.6 Å². The number of nitrogens with one attached hydrogen (secondary N) is 1. The Morgan fingerprint density at radius 1 is 1.38 bits per heavy atom. The second kappa shape index (κ2) is 5.79. The van der Waals surface area contributed by atoms with Crippen LogP contribution in [0.5, 0.6) is 0 Å². The van der Waals surface area contributed by atoms with E-state index in [2.05, 4.69) is 11.3 Å². The first-order valence-electron chi connectivity index (χ1n) is 4.86. The molecule has 1 rings (SSSR count). The topological polar surface area (TPSA) is 66.4 Å². The average Bonchev–Trinajstić information content (AvgIpc) is 2.27. The van der Waals surface area contributed by atoms with Crippen molar-refractivity contribution in [3.8, 4) is 0 Å². The normalized spacial score (nSPS) is 13.3. The SMILES string of the molecule is C=CCS(=O)(=O)N[C@H](CO)c1ccccc1. The van der Waals surface area contributed by atoms with Gasteiger partial charge in [0.1, 0.15) is 0 Å². The molecule has 0 fully saturated rings. The van der Waals surface area contributed by atoms with Crippen LogP contribution in [0.15, 0.2) is 43.0 Å². The molecule has 2 N–H and O–H groups in total. The Labute approximate surface area is 95.7 Å². The maximum absolute atomic E-state index is 11.5. The number of hydrogen-bond donors (Lipinski definition) is 2. The fourth-order valence-electron chi connectivity index (χ4n) is 1.32. The zero-order valence-electron chi connectivity index (χ0n) is 8.83. The van der Waals surface area contributed by atoms with Gasteiger partial charge in [0.2, 0.25) is 10.0 Å². The van der Waals surface area contributed by atoms with Crippen LogP contribution in [-0.2, 0) is 10.0 Å². The van der Waals surface area contributed by atoms with E-state index in [-0.39, 0.29) is 12.4 Å². The minimum Gasteiger partial charge on any atom is -0.394 e. The van der Waals surface area contributed by atoms with Gasteiger partial charge in [-0.05, 0) is 5.56 Å². The summed E-state index contributed by atoms with van der Waals surface area (Å²) < 4.78 is 25.4. The quantitative estimate of drug-likeness (QED) is 0.725. The van der Waals surface area contributed by atoms with E-state index in [0.717, 1.165) is 5.56 Å². The van der Waals surface area contributed by atoms with Crippen LogP contribution in [0.4, 0.5) is 0 Å². The van der Waals surface area contributed by atoms with Gasteiger partial charge in [-0.3, -0.25) is 0 Å². The lowest BCUT2D eigenvalue weighted by molar-refractivity contribution is 0.259. The van der Waals surface area contributed by atoms with Crippen LogP contribution in [0.3, 0.4) is 0 Å². The molecule has 1 aromatic rings. The third kappa shape index (κ3) is 3.77. The van der Waals surface area contributed by atoms with E-state index < -0.39 is 16.1 Å².